The van der Waals surface area contributed by atoms with Gasteiger partial charge in [-0.15, -0.1) is 0 Å². The molecule has 0 aromatic carbocycles. The Kier molecular flexibility index (Phi) is 4.62. The lowest BCUT2D eigenvalue weighted by atomic mass is 10.2. The number of nitrogens with one attached hydrogen (secondary N) is 1. The lowest BCUT2D eigenvalue weighted by molar-refractivity contribution is 0.129. The van der Waals surface area contributed by atoms with Crippen LogP contribution in [0.1, 0.15) is 20.8 Å². The molecular formula is C10H21N3S. The molecule has 1 rings (SSSR count). The van der Waals surface area contributed by atoms with Crippen LogP contribution in [0.15, 0.2) is 0 Å². The van der Waals surface area contributed by atoms with Gasteiger partial charge >= 0.3 is 0 Å². The summed E-state index contributed by atoms with van der Waals surface area (Å²) in [5, 5.41) is 4.12. The minimum absolute atomic E-state index is 0.616. The highest BCUT2D eigenvalue weighted by molar-refractivity contribution is 7.80. The van der Waals surface area contributed by atoms with E-state index in [4.69, 9.17) is 12.2 Å². The first kappa shape index (κ1) is 11.7. The third kappa shape index (κ3) is 2.82. The highest BCUT2D eigenvalue weighted by atomic mass is 32.1. The van der Waals surface area contributed by atoms with Crippen molar-refractivity contribution in [2.24, 2.45) is 0 Å². The van der Waals surface area contributed by atoms with Gasteiger partial charge in [-0.1, -0.05) is 6.92 Å². The summed E-state index contributed by atoms with van der Waals surface area (Å²) >= 11 is 5.30. The highest BCUT2D eigenvalue weighted by Crippen LogP contribution is 2.08. The number of thiocarbonyl (C=S) groups is 1. The summed E-state index contributed by atoms with van der Waals surface area (Å²) in [4.78, 5) is 4.76. The molecule has 1 atom stereocenters. The molecular weight excluding hydrogens is 194 g/mol. The van der Waals surface area contributed by atoms with E-state index in [9.17, 15) is 0 Å². The van der Waals surface area contributed by atoms with Crippen LogP contribution in [-0.2, 0) is 0 Å². The average molecular weight is 215 g/mol. The van der Waals surface area contributed by atoms with Crippen LogP contribution in [0.2, 0.25) is 0 Å². The number of hydrogen-bond acceptors (Lipinski definition) is 2. The largest absolute Gasteiger partial charge is 0.363 e. The summed E-state index contributed by atoms with van der Waals surface area (Å²) in [7, 11) is 0. The van der Waals surface area contributed by atoms with Gasteiger partial charge in [-0.2, -0.15) is 0 Å². The summed E-state index contributed by atoms with van der Waals surface area (Å²) in [6.45, 7) is 11.9. The molecule has 14 heavy (non-hydrogen) atoms. The van der Waals surface area contributed by atoms with Crippen molar-refractivity contribution in [2.75, 3.05) is 32.7 Å². The number of likely N-dealkylation sites (N-methyl/N-ethyl adjacent to an activating group) is 1. The van der Waals surface area contributed by atoms with E-state index in [1.807, 2.05) is 0 Å². The highest BCUT2D eigenvalue weighted by Gasteiger charge is 2.23. The molecule has 0 saturated carbocycles. The predicted octanol–water partition coefficient (Wildman–Crippen LogP) is 0.907. The molecule has 0 spiro atoms. The van der Waals surface area contributed by atoms with Gasteiger partial charge in [-0.3, -0.25) is 4.90 Å². The van der Waals surface area contributed by atoms with Crippen LogP contribution in [0, 0.1) is 0 Å². The van der Waals surface area contributed by atoms with Gasteiger partial charge in [0, 0.05) is 32.2 Å². The Labute approximate surface area is 92.4 Å². The molecule has 0 amide bonds. The Hall–Kier alpha value is -0.350. The lowest BCUT2D eigenvalue weighted by Crippen LogP contribution is -2.55. The van der Waals surface area contributed by atoms with Crippen LogP contribution in [0.4, 0.5) is 0 Å². The van der Waals surface area contributed by atoms with E-state index in [0.29, 0.717) is 6.04 Å². The Balaban J connectivity index is 2.41. The van der Waals surface area contributed by atoms with Crippen molar-refractivity contribution in [3.05, 3.63) is 0 Å². The lowest BCUT2D eigenvalue weighted by Gasteiger charge is -2.40. The maximum Gasteiger partial charge on any atom is 0.169 e. The van der Waals surface area contributed by atoms with Gasteiger partial charge in [0.1, 0.15) is 0 Å². The van der Waals surface area contributed by atoms with Crippen molar-refractivity contribution in [2.45, 2.75) is 26.8 Å². The monoisotopic (exact) mass is 215 g/mol. The van der Waals surface area contributed by atoms with Crippen molar-refractivity contribution in [3.8, 4) is 0 Å². The second-order valence-corrected chi connectivity index (χ2v) is 4.15. The topological polar surface area (TPSA) is 18.5 Å². The van der Waals surface area contributed by atoms with Gasteiger partial charge in [0.2, 0.25) is 0 Å². The molecule has 0 aromatic rings. The molecule has 1 aliphatic rings. The summed E-state index contributed by atoms with van der Waals surface area (Å²) in [5.41, 5.74) is 0. The van der Waals surface area contributed by atoms with E-state index in [-0.39, 0.29) is 0 Å². The van der Waals surface area contributed by atoms with Crippen molar-refractivity contribution in [1.29, 1.82) is 0 Å². The van der Waals surface area contributed by atoms with Gasteiger partial charge in [-0.05, 0) is 32.6 Å². The van der Waals surface area contributed by atoms with Crippen LogP contribution in [0.5, 0.6) is 0 Å². The average Bonchev–Trinajstić information content (AvgIpc) is 2.18. The standard InChI is InChI=1S/C10H21N3S/c1-4-11-10(14)13-7-6-12(5-2)9(3)8-13/h9H,4-8H2,1-3H3,(H,11,14). The first-order valence-electron chi connectivity index (χ1n) is 5.45. The summed E-state index contributed by atoms with van der Waals surface area (Å²) < 4.78 is 0. The van der Waals surface area contributed by atoms with Crippen molar-refractivity contribution in [3.63, 3.8) is 0 Å². The van der Waals surface area contributed by atoms with E-state index < -0.39 is 0 Å². The SMILES string of the molecule is CCNC(=S)N1CCN(CC)C(C)C1. The van der Waals surface area contributed by atoms with E-state index in [1.165, 1.54) is 0 Å². The molecule has 1 heterocycles. The molecule has 1 aliphatic heterocycles. The van der Waals surface area contributed by atoms with Gasteiger partial charge in [0.15, 0.2) is 5.11 Å². The fourth-order valence-electron chi connectivity index (χ4n) is 1.91. The van der Waals surface area contributed by atoms with Gasteiger partial charge in [0.05, 0.1) is 0 Å². The van der Waals surface area contributed by atoms with Crippen LogP contribution in [0.25, 0.3) is 0 Å². The van der Waals surface area contributed by atoms with Crippen molar-refractivity contribution in [1.82, 2.24) is 15.1 Å². The van der Waals surface area contributed by atoms with Crippen LogP contribution >= 0.6 is 12.2 Å². The van der Waals surface area contributed by atoms with E-state index >= 15 is 0 Å². The number of nitrogens with zero attached hydrogens (tertiary/aromatic N) is 2. The van der Waals surface area contributed by atoms with Crippen LogP contribution < -0.4 is 5.32 Å². The first-order chi connectivity index (χ1) is 6.69. The molecule has 82 valence electrons. The van der Waals surface area contributed by atoms with Gasteiger partial charge < -0.3 is 10.2 Å². The van der Waals surface area contributed by atoms with Crippen LogP contribution in [-0.4, -0.2) is 53.7 Å². The van der Waals surface area contributed by atoms with E-state index in [0.717, 1.165) is 37.8 Å². The smallest absolute Gasteiger partial charge is 0.169 e. The fourth-order valence-corrected chi connectivity index (χ4v) is 2.22. The predicted molar refractivity (Wildman–Crippen MR) is 64.6 cm³/mol. The van der Waals surface area contributed by atoms with Gasteiger partial charge in [-0.25, -0.2) is 0 Å². The minimum atomic E-state index is 0.616. The zero-order valence-corrected chi connectivity index (χ0v) is 10.2. The molecule has 3 nitrogen and oxygen atoms in total. The Morgan fingerprint density at radius 3 is 2.64 bits per heavy atom. The minimum Gasteiger partial charge on any atom is -0.363 e. The number of hydrogen-bond donors (Lipinski definition) is 1. The summed E-state index contributed by atoms with van der Waals surface area (Å²) in [5.74, 6) is 0. The third-order valence-electron chi connectivity index (χ3n) is 2.79. The van der Waals surface area contributed by atoms with Crippen molar-refractivity contribution < 1.29 is 0 Å². The van der Waals surface area contributed by atoms with Crippen molar-refractivity contribution >= 4 is 17.3 Å². The Bertz CT molecular complexity index is 196. The molecule has 0 bridgehead atoms. The quantitative estimate of drug-likeness (QED) is 0.690. The van der Waals surface area contributed by atoms with E-state index in [1.54, 1.807) is 0 Å². The maximum atomic E-state index is 5.30. The third-order valence-corrected chi connectivity index (χ3v) is 3.19. The fraction of sp³-hybridized carbons (Fsp3) is 0.900. The Morgan fingerprint density at radius 2 is 2.14 bits per heavy atom. The maximum absolute atomic E-state index is 5.30. The molecule has 0 radical (unpaired) electrons. The molecule has 0 aromatic heterocycles. The zero-order chi connectivity index (χ0) is 10.6. The molecule has 1 N–H and O–H groups in total. The normalized spacial score (nSPS) is 23.6. The van der Waals surface area contributed by atoms with Crippen LogP contribution in [0.3, 0.4) is 0 Å². The molecule has 1 unspecified atom stereocenters. The molecule has 1 saturated heterocycles. The molecule has 1 fully saturated rings. The molecule has 4 heteroatoms. The van der Waals surface area contributed by atoms with E-state index in [2.05, 4.69) is 35.9 Å². The Morgan fingerprint density at radius 1 is 1.43 bits per heavy atom. The van der Waals surface area contributed by atoms with Gasteiger partial charge in [0.25, 0.3) is 0 Å². The first-order valence-corrected chi connectivity index (χ1v) is 5.86. The summed E-state index contributed by atoms with van der Waals surface area (Å²) in [6.07, 6.45) is 0. The summed E-state index contributed by atoms with van der Waals surface area (Å²) in [6, 6.07) is 0.616. The number of rotatable bonds is 2. The second kappa shape index (κ2) is 5.51. The number of piperazine rings is 1. The molecule has 0 aliphatic carbocycles. The zero-order valence-electron chi connectivity index (χ0n) is 9.42. The second-order valence-electron chi connectivity index (χ2n) is 3.76.